The highest BCUT2D eigenvalue weighted by Crippen LogP contribution is 2.27. The Hall–Kier alpha value is -0.800. The molecule has 0 aliphatic heterocycles. The van der Waals surface area contributed by atoms with Gasteiger partial charge >= 0.3 is 0 Å². The van der Waals surface area contributed by atoms with Crippen LogP contribution < -0.4 is 0 Å². The van der Waals surface area contributed by atoms with Crippen molar-refractivity contribution in [2.45, 2.75) is 0 Å². The van der Waals surface area contributed by atoms with Crippen molar-refractivity contribution >= 4 is 27.5 Å². The SMILES string of the molecule is Clc1ccc(-c2ncco2)cc1Br. The summed E-state index contributed by atoms with van der Waals surface area (Å²) in [6, 6.07) is 5.53. The number of rotatable bonds is 1. The molecule has 1 heterocycles. The zero-order chi connectivity index (χ0) is 9.26. The lowest BCUT2D eigenvalue weighted by atomic mass is 10.2. The molecule has 1 aromatic carbocycles. The zero-order valence-electron chi connectivity index (χ0n) is 6.50. The standard InChI is InChI=1S/C9H5BrClNO/c10-7-5-6(1-2-8(7)11)9-12-3-4-13-9/h1-5H. The summed E-state index contributed by atoms with van der Waals surface area (Å²) in [5.74, 6) is 0.595. The van der Waals surface area contributed by atoms with Crippen LogP contribution in [0.3, 0.4) is 0 Å². The second-order valence-electron chi connectivity index (χ2n) is 2.47. The summed E-state index contributed by atoms with van der Waals surface area (Å²) in [7, 11) is 0. The molecule has 2 rings (SSSR count). The number of benzene rings is 1. The van der Waals surface area contributed by atoms with Gasteiger partial charge in [-0.15, -0.1) is 0 Å². The predicted molar refractivity (Wildman–Crippen MR) is 54.6 cm³/mol. The van der Waals surface area contributed by atoms with Gasteiger partial charge in [0.15, 0.2) is 0 Å². The summed E-state index contributed by atoms with van der Waals surface area (Å²) in [5.41, 5.74) is 0.904. The second kappa shape index (κ2) is 3.52. The van der Waals surface area contributed by atoms with Gasteiger partial charge in [-0.3, -0.25) is 0 Å². The van der Waals surface area contributed by atoms with Crippen molar-refractivity contribution < 1.29 is 4.42 Å². The number of hydrogen-bond acceptors (Lipinski definition) is 2. The third-order valence-electron chi connectivity index (χ3n) is 1.60. The quantitative estimate of drug-likeness (QED) is 0.778. The average Bonchev–Trinajstić information content (AvgIpc) is 2.62. The van der Waals surface area contributed by atoms with E-state index in [1.807, 2.05) is 12.1 Å². The lowest BCUT2D eigenvalue weighted by molar-refractivity contribution is 0.574. The fourth-order valence-corrected chi connectivity index (χ4v) is 1.49. The molecule has 0 spiro atoms. The maximum Gasteiger partial charge on any atom is 0.225 e. The van der Waals surface area contributed by atoms with E-state index in [4.69, 9.17) is 16.0 Å². The number of oxazole rings is 1. The molecule has 13 heavy (non-hydrogen) atoms. The minimum atomic E-state index is 0.595. The first-order valence-corrected chi connectivity index (χ1v) is 4.79. The molecule has 0 fully saturated rings. The Morgan fingerprint density at radius 1 is 1.38 bits per heavy atom. The molecule has 1 aromatic heterocycles. The van der Waals surface area contributed by atoms with Gasteiger partial charge in [-0.2, -0.15) is 0 Å². The molecule has 0 unspecified atom stereocenters. The number of nitrogens with zero attached hydrogens (tertiary/aromatic N) is 1. The van der Waals surface area contributed by atoms with Crippen molar-refractivity contribution in [1.82, 2.24) is 4.98 Å². The Bertz CT molecular complexity index is 414. The third kappa shape index (κ3) is 1.76. The summed E-state index contributed by atoms with van der Waals surface area (Å²) >= 11 is 9.17. The van der Waals surface area contributed by atoms with Crippen LogP contribution in [0.5, 0.6) is 0 Å². The fraction of sp³-hybridized carbons (Fsp3) is 0. The topological polar surface area (TPSA) is 26.0 Å². The van der Waals surface area contributed by atoms with Crippen LogP contribution in [-0.2, 0) is 0 Å². The van der Waals surface area contributed by atoms with Crippen LogP contribution in [0.15, 0.2) is 39.5 Å². The molecule has 4 heteroatoms. The molecule has 0 bridgehead atoms. The average molecular weight is 259 g/mol. The van der Waals surface area contributed by atoms with E-state index >= 15 is 0 Å². The van der Waals surface area contributed by atoms with Gasteiger partial charge in [-0.1, -0.05) is 11.6 Å². The van der Waals surface area contributed by atoms with Crippen LogP contribution in [0.25, 0.3) is 11.5 Å². The molecule has 0 aliphatic carbocycles. The highest BCUT2D eigenvalue weighted by atomic mass is 79.9. The van der Waals surface area contributed by atoms with Crippen LogP contribution in [0, 0.1) is 0 Å². The molecular weight excluding hydrogens is 253 g/mol. The lowest BCUT2D eigenvalue weighted by Gasteiger charge is -1.98. The van der Waals surface area contributed by atoms with Gasteiger partial charge < -0.3 is 4.42 Å². The van der Waals surface area contributed by atoms with Gasteiger partial charge in [-0.05, 0) is 34.1 Å². The molecule has 2 nitrogen and oxygen atoms in total. The van der Waals surface area contributed by atoms with Crippen molar-refractivity contribution in [1.29, 1.82) is 0 Å². The lowest BCUT2D eigenvalue weighted by Crippen LogP contribution is -1.77. The smallest absolute Gasteiger partial charge is 0.225 e. The van der Waals surface area contributed by atoms with Crippen LogP contribution in [0.4, 0.5) is 0 Å². The van der Waals surface area contributed by atoms with Gasteiger partial charge in [0.25, 0.3) is 0 Å². The Kier molecular flexibility index (Phi) is 2.38. The molecular formula is C9H5BrClNO. The molecule has 0 amide bonds. The number of halogens is 2. The van der Waals surface area contributed by atoms with Crippen LogP contribution in [0.2, 0.25) is 5.02 Å². The van der Waals surface area contributed by atoms with Crippen molar-refractivity contribution in [2.75, 3.05) is 0 Å². The van der Waals surface area contributed by atoms with E-state index in [-0.39, 0.29) is 0 Å². The highest BCUT2D eigenvalue weighted by molar-refractivity contribution is 9.10. The Morgan fingerprint density at radius 3 is 2.85 bits per heavy atom. The largest absolute Gasteiger partial charge is 0.445 e. The molecule has 0 N–H and O–H groups in total. The van der Waals surface area contributed by atoms with Crippen LogP contribution >= 0.6 is 27.5 Å². The van der Waals surface area contributed by atoms with E-state index in [1.165, 1.54) is 6.26 Å². The second-order valence-corrected chi connectivity index (χ2v) is 3.73. The normalized spacial score (nSPS) is 10.3. The molecule has 2 aromatic rings. The van der Waals surface area contributed by atoms with E-state index in [2.05, 4.69) is 20.9 Å². The van der Waals surface area contributed by atoms with Gasteiger partial charge in [0.1, 0.15) is 6.26 Å². The summed E-state index contributed by atoms with van der Waals surface area (Å²) < 4.78 is 5.98. The molecule has 0 saturated carbocycles. The van der Waals surface area contributed by atoms with E-state index in [0.717, 1.165) is 10.0 Å². The third-order valence-corrected chi connectivity index (χ3v) is 2.81. The van der Waals surface area contributed by atoms with Gasteiger partial charge in [0, 0.05) is 10.0 Å². The number of aromatic nitrogens is 1. The first-order valence-electron chi connectivity index (χ1n) is 3.62. The first-order chi connectivity index (χ1) is 6.27. The summed E-state index contributed by atoms with van der Waals surface area (Å²) in [4.78, 5) is 4.03. The van der Waals surface area contributed by atoms with E-state index in [1.54, 1.807) is 12.3 Å². The van der Waals surface area contributed by atoms with Crippen molar-refractivity contribution in [2.24, 2.45) is 0 Å². The van der Waals surface area contributed by atoms with E-state index in [0.29, 0.717) is 10.9 Å². The molecule has 0 atom stereocenters. The maximum absolute atomic E-state index is 5.84. The Balaban J connectivity index is 2.49. The van der Waals surface area contributed by atoms with Gasteiger partial charge in [-0.25, -0.2) is 4.98 Å². The first kappa shape index (κ1) is 8.78. The predicted octanol–water partition coefficient (Wildman–Crippen LogP) is 3.76. The van der Waals surface area contributed by atoms with Crippen LogP contribution in [-0.4, -0.2) is 4.98 Å². The Morgan fingerprint density at radius 2 is 2.23 bits per heavy atom. The van der Waals surface area contributed by atoms with Crippen molar-refractivity contribution in [3.63, 3.8) is 0 Å². The van der Waals surface area contributed by atoms with Gasteiger partial charge in [0.05, 0.1) is 11.2 Å². The molecule has 0 saturated heterocycles. The van der Waals surface area contributed by atoms with E-state index < -0.39 is 0 Å². The van der Waals surface area contributed by atoms with Crippen molar-refractivity contribution in [3.8, 4) is 11.5 Å². The van der Waals surface area contributed by atoms with E-state index in [9.17, 15) is 0 Å². The monoisotopic (exact) mass is 257 g/mol. The van der Waals surface area contributed by atoms with Crippen LogP contribution in [0.1, 0.15) is 0 Å². The van der Waals surface area contributed by atoms with Gasteiger partial charge in [0.2, 0.25) is 5.89 Å². The zero-order valence-corrected chi connectivity index (χ0v) is 8.84. The fourth-order valence-electron chi connectivity index (χ4n) is 0.995. The van der Waals surface area contributed by atoms with Crippen molar-refractivity contribution in [3.05, 3.63) is 40.2 Å². The Labute approximate surface area is 88.7 Å². The number of hydrogen-bond donors (Lipinski definition) is 0. The summed E-state index contributed by atoms with van der Waals surface area (Å²) in [6.07, 6.45) is 3.15. The highest BCUT2D eigenvalue weighted by Gasteiger charge is 2.04. The summed E-state index contributed by atoms with van der Waals surface area (Å²) in [6.45, 7) is 0. The summed E-state index contributed by atoms with van der Waals surface area (Å²) in [5, 5.41) is 0.676. The molecule has 66 valence electrons. The molecule has 0 radical (unpaired) electrons. The minimum Gasteiger partial charge on any atom is -0.445 e. The maximum atomic E-state index is 5.84. The minimum absolute atomic E-state index is 0.595. The molecule has 0 aliphatic rings.